The lowest BCUT2D eigenvalue weighted by Crippen LogP contribution is -2.21. The summed E-state index contributed by atoms with van der Waals surface area (Å²) in [5, 5.41) is 5.62. The molecule has 2 amide bonds. The lowest BCUT2D eigenvalue weighted by Gasteiger charge is -2.07. The van der Waals surface area contributed by atoms with Gasteiger partial charge in [0.1, 0.15) is 0 Å². The lowest BCUT2D eigenvalue weighted by molar-refractivity contribution is -0.114. The Bertz CT molecular complexity index is 657. The molecule has 0 bridgehead atoms. The average Bonchev–Trinajstić information content (AvgIpc) is 2.76. The van der Waals surface area contributed by atoms with Crippen molar-refractivity contribution in [2.45, 2.75) is 27.3 Å². The Balaban J connectivity index is 1.99. The summed E-state index contributed by atoms with van der Waals surface area (Å²) >= 11 is 1.50. The SMILES string of the molecule is CC(=O)Nc1cccc(CNC(=O)c2cc(C)c(C)s2)c1. The van der Waals surface area contributed by atoms with Crippen molar-refractivity contribution < 1.29 is 9.59 Å². The van der Waals surface area contributed by atoms with Gasteiger partial charge in [-0.05, 0) is 43.2 Å². The van der Waals surface area contributed by atoms with E-state index >= 15 is 0 Å². The Morgan fingerprint density at radius 3 is 2.57 bits per heavy atom. The molecular weight excluding hydrogens is 284 g/mol. The maximum Gasteiger partial charge on any atom is 0.261 e. The second kappa shape index (κ2) is 6.54. The lowest BCUT2D eigenvalue weighted by atomic mass is 10.2. The number of carbonyl (C=O) groups is 2. The highest BCUT2D eigenvalue weighted by Gasteiger charge is 2.10. The van der Waals surface area contributed by atoms with E-state index in [1.807, 2.05) is 44.2 Å². The maximum atomic E-state index is 12.1. The Morgan fingerprint density at radius 2 is 1.95 bits per heavy atom. The topological polar surface area (TPSA) is 58.2 Å². The molecule has 0 aliphatic heterocycles. The van der Waals surface area contributed by atoms with Gasteiger partial charge in [-0.25, -0.2) is 0 Å². The summed E-state index contributed by atoms with van der Waals surface area (Å²) in [6, 6.07) is 9.34. The normalized spacial score (nSPS) is 10.2. The van der Waals surface area contributed by atoms with Crippen molar-refractivity contribution in [1.82, 2.24) is 5.32 Å². The molecule has 0 unspecified atom stereocenters. The van der Waals surface area contributed by atoms with Gasteiger partial charge in [-0.3, -0.25) is 9.59 Å². The van der Waals surface area contributed by atoms with Crippen molar-refractivity contribution >= 4 is 28.8 Å². The van der Waals surface area contributed by atoms with E-state index < -0.39 is 0 Å². The number of aryl methyl sites for hydroxylation is 2. The van der Waals surface area contributed by atoms with Crippen molar-refractivity contribution in [2.75, 3.05) is 5.32 Å². The van der Waals surface area contributed by atoms with Gasteiger partial charge in [-0.2, -0.15) is 0 Å². The summed E-state index contributed by atoms with van der Waals surface area (Å²) in [6.07, 6.45) is 0. The smallest absolute Gasteiger partial charge is 0.261 e. The van der Waals surface area contributed by atoms with E-state index in [-0.39, 0.29) is 11.8 Å². The summed E-state index contributed by atoms with van der Waals surface area (Å²) in [5.74, 6) is -0.179. The van der Waals surface area contributed by atoms with E-state index in [0.717, 1.165) is 26.6 Å². The molecule has 0 fully saturated rings. The third-order valence-electron chi connectivity index (χ3n) is 3.09. The number of hydrogen-bond acceptors (Lipinski definition) is 3. The number of thiophene rings is 1. The van der Waals surface area contributed by atoms with Crippen LogP contribution in [0.1, 0.15) is 32.6 Å². The summed E-state index contributed by atoms with van der Waals surface area (Å²) in [5.41, 5.74) is 2.81. The molecule has 0 spiro atoms. The van der Waals surface area contributed by atoms with Gasteiger partial charge in [-0.1, -0.05) is 12.1 Å². The fraction of sp³-hybridized carbons (Fsp3) is 0.250. The van der Waals surface area contributed by atoms with Crippen molar-refractivity contribution in [3.05, 3.63) is 51.2 Å². The number of amides is 2. The highest BCUT2D eigenvalue weighted by Crippen LogP contribution is 2.20. The molecule has 0 aliphatic carbocycles. The molecule has 0 aliphatic rings. The first kappa shape index (κ1) is 15.3. The zero-order valence-corrected chi connectivity index (χ0v) is 13.1. The molecule has 1 aromatic heterocycles. The molecule has 0 saturated heterocycles. The number of anilines is 1. The van der Waals surface area contributed by atoms with Crippen LogP contribution in [0, 0.1) is 13.8 Å². The van der Waals surface area contributed by atoms with E-state index in [0.29, 0.717) is 6.54 Å². The summed E-state index contributed by atoms with van der Waals surface area (Å²) in [7, 11) is 0. The first-order chi connectivity index (χ1) is 9.95. The quantitative estimate of drug-likeness (QED) is 0.911. The van der Waals surface area contributed by atoms with Crippen LogP contribution in [0.4, 0.5) is 5.69 Å². The van der Waals surface area contributed by atoms with Crippen LogP contribution in [-0.2, 0) is 11.3 Å². The van der Waals surface area contributed by atoms with Crippen molar-refractivity contribution in [3.8, 4) is 0 Å². The highest BCUT2D eigenvalue weighted by molar-refractivity contribution is 7.14. The molecule has 0 saturated carbocycles. The molecule has 0 radical (unpaired) electrons. The van der Waals surface area contributed by atoms with Crippen LogP contribution >= 0.6 is 11.3 Å². The first-order valence-electron chi connectivity index (χ1n) is 6.67. The number of benzene rings is 1. The molecule has 1 heterocycles. The zero-order chi connectivity index (χ0) is 15.4. The second-order valence-corrected chi connectivity index (χ2v) is 6.17. The fourth-order valence-corrected chi connectivity index (χ4v) is 2.87. The van der Waals surface area contributed by atoms with Crippen LogP contribution < -0.4 is 10.6 Å². The van der Waals surface area contributed by atoms with Crippen LogP contribution in [0.15, 0.2) is 30.3 Å². The van der Waals surface area contributed by atoms with Crippen LogP contribution in [0.25, 0.3) is 0 Å². The molecule has 0 atom stereocenters. The monoisotopic (exact) mass is 302 g/mol. The van der Waals surface area contributed by atoms with Crippen LogP contribution in [0.3, 0.4) is 0 Å². The summed E-state index contributed by atoms with van der Waals surface area (Å²) in [4.78, 5) is 25.0. The fourth-order valence-electron chi connectivity index (χ4n) is 1.92. The van der Waals surface area contributed by atoms with Crippen LogP contribution in [0.5, 0.6) is 0 Å². The minimum atomic E-state index is -0.110. The van der Waals surface area contributed by atoms with Gasteiger partial charge in [-0.15, -0.1) is 11.3 Å². The van der Waals surface area contributed by atoms with Gasteiger partial charge in [0.15, 0.2) is 0 Å². The Morgan fingerprint density at radius 1 is 1.19 bits per heavy atom. The van der Waals surface area contributed by atoms with Gasteiger partial charge < -0.3 is 10.6 Å². The predicted octanol–water partition coefficient (Wildman–Crippen LogP) is 3.25. The zero-order valence-electron chi connectivity index (χ0n) is 12.3. The van der Waals surface area contributed by atoms with Gasteiger partial charge in [0.2, 0.25) is 5.91 Å². The molecule has 2 rings (SSSR count). The van der Waals surface area contributed by atoms with Crippen LogP contribution in [-0.4, -0.2) is 11.8 Å². The summed E-state index contributed by atoms with van der Waals surface area (Å²) < 4.78 is 0. The maximum absolute atomic E-state index is 12.1. The van der Waals surface area contributed by atoms with E-state index in [1.54, 1.807) is 0 Å². The van der Waals surface area contributed by atoms with E-state index in [1.165, 1.54) is 18.3 Å². The van der Waals surface area contributed by atoms with Gasteiger partial charge >= 0.3 is 0 Å². The highest BCUT2D eigenvalue weighted by atomic mass is 32.1. The molecular formula is C16H18N2O2S. The van der Waals surface area contributed by atoms with E-state index in [9.17, 15) is 9.59 Å². The van der Waals surface area contributed by atoms with Gasteiger partial charge in [0, 0.05) is 24.0 Å². The van der Waals surface area contributed by atoms with Crippen LogP contribution in [0.2, 0.25) is 0 Å². The largest absolute Gasteiger partial charge is 0.347 e. The van der Waals surface area contributed by atoms with Gasteiger partial charge in [0.25, 0.3) is 5.91 Å². The summed E-state index contributed by atoms with van der Waals surface area (Å²) in [6.45, 7) is 5.91. The minimum Gasteiger partial charge on any atom is -0.347 e. The Kier molecular flexibility index (Phi) is 4.75. The van der Waals surface area contributed by atoms with E-state index in [4.69, 9.17) is 0 Å². The Labute approximate surface area is 128 Å². The molecule has 1 aromatic carbocycles. The molecule has 4 nitrogen and oxygen atoms in total. The van der Waals surface area contributed by atoms with E-state index in [2.05, 4.69) is 10.6 Å². The molecule has 2 aromatic rings. The molecule has 21 heavy (non-hydrogen) atoms. The predicted molar refractivity (Wildman–Crippen MR) is 85.7 cm³/mol. The second-order valence-electron chi connectivity index (χ2n) is 4.91. The standard InChI is InChI=1S/C16H18N2O2S/c1-10-7-15(21-11(10)2)16(20)17-9-13-5-4-6-14(8-13)18-12(3)19/h4-8H,9H2,1-3H3,(H,17,20)(H,18,19). The third kappa shape index (κ3) is 4.16. The number of rotatable bonds is 4. The van der Waals surface area contributed by atoms with Crippen molar-refractivity contribution in [1.29, 1.82) is 0 Å². The molecule has 110 valence electrons. The van der Waals surface area contributed by atoms with Crippen molar-refractivity contribution in [3.63, 3.8) is 0 Å². The Hall–Kier alpha value is -2.14. The first-order valence-corrected chi connectivity index (χ1v) is 7.49. The number of carbonyl (C=O) groups excluding carboxylic acids is 2. The molecule has 5 heteroatoms. The molecule has 2 N–H and O–H groups in total. The minimum absolute atomic E-state index is 0.0684. The van der Waals surface area contributed by atoms with Gasteiger partial charge in [0.05, 0.1) is 4.88 Å². The third-order valence-corrected chi connectivity index (χ3v) is 4.24. The number of nitrogens with one attached hydrogen (secondary N) is 2. The van der Waals surface area contributed by atoms with Crippen molar-refractivity contribution in [2.24, 2.45) is 0 Å². The average molecular weight is 302 g/mol. The number of hydrogen-bond donors (Lipinski definition) is 2.